The van der Waals surface area contributed by atoms with E-state index in [0.717, 1.165) is 49.2 Å². The van der Waals surface area contributed by atoms with Gasteiger partial charge in [0.2, 0.25) is 0 Å². The molecule has 1 saturated carbocycles. The topological polar surface area (TPSA) is 22.8 Å². The van der Waals surface area contributed by atoms with E-state index in [0.29, 0.717) is 17.9 Å². The largest absolute Gasteiger partial charge is 0.338 e. The summed E-state index contributed by atoms with van der Waals surface area (Å²) in [5, 5.41) is 2.81. The highest BCUT2D eigenvalue weighted by Crippen LogP contribution is 2.45. The molecule has 1 fully saturated rings. The minimum Gasteiger partial charge on any atom is -0.338 e. The number of aryl methyl sites for hydroxylation is 2. The highest BCUT2D eigenvalue weighted by Gasteiger charge is 2.29. The van der Waals surface area contributed by atoms with Gasteiger partial charge >= 0.3 is 0 Å². The first-order chi connectivity index (χ1) is 27.8. The van der Waals surface area contributed by atoms with Gasteiger partial charge in [0.05, 0.1) is 16.9 Å². The maximum Gasteiger partial charge on any atom is 0.138 e. The van der Waals surface area contributed by atoms with Gasteiger partial charge in [0.1, 0.15) is 5.82 Å². The molecule has 0 bridgehead atoms. The minimum atomic E-state index is 0.335. The Hall–Kier alpha value is -5.93. The lowest BCUT2D eigenvalue weighted by Gasteiger charge is -2.32. The van der Waals surface area contributed by atoms with Crippen LogP contribution < -0.4 is 0 Å². The number of fused-ring (bicyclic) bond motifs is 6. The van der Waals surface area contributed by atoms with Crippen molar-refractivity contribution in [3.05, 3.63) is 185 Å². The van der Waals surface area contributed by atoms with Crippen molar-refractivity contribution in [2.45, 2.75) is 75.7 Å². The zero-order chi connectivity index (χ0) is 37.0. The van der Waals surface area contributed by atoms with E-state index < -0.39 is 0 Å². The van der Waals surface area contributed by atoms with Crippen LogP contribution in [0.1, 0.15) is 102 Å². The van der Waals surface area contributed by atoms with Gasteiger partial charge in [0.15, 0.2) is 0 Å². The van der Waals surface area contributed by atoms with Crippen molar-refractivity contribution >= 4 is 39.5 Å². The molecule has 0 N–H and O–H groups in total. The number of hydrogen-bond acceptors (Lipinski definition) is 1. The molecule has 7 aromatic rings. The summed E-state index contributed by atoms with van der Waals surface area (Å²) in [6.07, 6.45) is 26.4. The Labute approximate surface area is 330 Å². The first-order valence-electron chi connectivity index (χ1n) is 20.9. The molecule has 3 aromatic heterocycles. The van der Waals surface area contributed by atoms with Crippen LogP contribution in [0, 0.1) is 0 Å². The zero-order valence-electron chi connectivity index (χ0n) is 31.9. The van der Waals surface area contributed by atoms with Crippen LogP contribution in [-0.4, -0.2) is 14.1 Å². The second kappa shape index (κ2) is 14.0. The number of rotatable bonds is 6. The number of hydrogen-bond donors (Lipinski definition) is 0. The molecule has 4 aromatic carbocycles. The first-order valence-corrected chi connectivity index (χ1v) is 20.9. The van der Waals surface area contributed by atoms with Crippen LogP contribution in [0.2, 0.25) is 0 Å². The molecule has 0 amide bonds. The molecule has 3 nitrogen and oxygen atoms in total. The molecule has 0 saturated heterocycles. The van der Waals surface area contributed by atoms with Gasteiger partial charge in [-0.15, -0.1) is 0 Å². The monoisotopic (exact) mass is 725 g/mol. The van der Waals surface area contributed by atoms with Gasteiger partial charge in [-0.1, -0.05) is 115 Å². The number of aromatic nitrogens is 3. The number of para-hydroxylation sites is 1. The van der Waals surface area contributed by atoms with Crippen molar-refractivity contribution in [1.82, 2.24) is 14.1 Å². The lowest BCUT2D eigenvalue weighted by Crippen LogP contribution is -2.19. The second-order valence-corrected chi connectivity index (χ2v) is 16.4. The molecular weight excluding hydrogens is 679 g/mol. The molecule has 1 atom stereocenters. The van der Waals surface area contributed by atoms with Gasteiger partial charge in [-0.3, -0.25) is 4.57 Å². The molecule has 3 heteroatoms. The molecule has 0 radical (unpaired) electrons. The number of pyridine rings is 1. The number of nitrogens with zero attached hydrogens (tertiary/aromatic N) is 3. The summed E-state index contributed by atoms with van der Waals surface area (Å²) in [4.78, 5) is 5.41. The molecule has 1 unspecified atom stereocenters. The van der Waals surface area contributed by atoms with Crippen molar-refractivity contribution in [2.24, 2.45) is 0 Å². The van der Waals surface area contributed by atoms with E-state index in [1.54, 1.807) is 0 Å². The second-order valence-electron chi connectivity index (χ2n) is 16.4. The van der Waals surface area contributed by atoms with Crippen LogP contribution in [0.15, 0.2) is 146 Å². The average Bonchev–Trinajstić information content (AvgIpc) is 3.79. The lowest BCUT2D eigenvalue weighted by atomic mass is 9.81. The smallest absolute Gasteiger partial charge is 0.138 e. The van der Waals surface area contributed by atoms with E-state index in [2.05, 4.69) is 167 Å². The summed E-state index contributed by atoms with van der Waals surface area (Å²) in [7, 11) is 0. The van der Waals surface area contributed by atoms with Gasteiger partial charge in [-0.25, -0.2) is 4.98 Å². The predicted octanol–water partition coefficient (Wildman–Crippen LogP) is 13.6. The Morgan fingerprint density at radius 3 is 2.23 bits per heavy atom. The molecular formula is C53H47N3. The van der Waals surface area contributed by atoms with E-state index in [1.807, 2.05) is 0 Å². The summed E-state index contributed by atoms with van der Waals surface area (Å²) >= 11 is 0. The van der Waals surface area contributed by atoms with Crippen molar-refractivity contribution in [2.75, 3.05) is 0 Å². The lowest BCUT2D eigenvalue weighted by molar-refractivity contribution is 0.328. The van der Waals surface area contributed by atoms with Gasteiger partial charge in [0, 0.05) is 39.5 Å². The Balaban J connectivity index is 1.00. The quantitative estimate of drug-likeness (QED) is 0.167. The Morgan fingerprint density at radius 1 is 0.589 bits per heavy atom. The fraction of sp³-hybridized carbons (Fsp3) is 0.226. The SMILES string of the molecule is C1=CCC(c2cc(-c3ccccc3)nc(-n3c4c(c5cc(C6=Cc7c(c8ccccc8n7C7CCC(c8ccccc8)CC7)CC6)ccc53)CCC=C4)c2)C=C1. The summed E-state index contributed by atoms with van der Waals surface area (Å²) in [6, 6.07) is 43.5. The summed E-state index contributed by atoms with van der Waals surface area (Å²) in [5.41, 5.74) is 16.2. The van der Waals surface area contributed by atoms with E-state index in [-0.39, 0.29) is 0 Å². The molecule has 0 spiro atoms. The third-order valence-electron chi connectivity index (χ3n) is 13.2. The molecule has 274 valence electrons. The van der Waals surface area contributed by atoms with Gasteiger partial charge in [-0.2, -0.15) is 0 Å². The predicted molar refractivity (Wildman–Crippen MR) is 234 cm³/mol. The molecule has 4 aliphatic carbocycles. The van der Waals surface area contributed by atoms with E-state index in [9.17, 15) is 0 Å². The molecule has 0 aliphatic heterocycles. The number of benzene rings is 4. The van der Waals surface area contributed by atoms with Crippen molar-refractivity contribution < 1.29 is 0 Å². The van der Waals surface area contributed by atoms with Crippen LogP contribution in [-0.2, 0) is 12.8 Å². The molecule has 11 rings (SSSR count). The third kappa shape index (κ3) is 5.75. The minimum absolute atomic E-state index is 0.335. The highest BCUT2D eigenvalue weighted by atomic mass is 15.1. The standard InChI is InChI=1S/C53H47N3/c1-4-14-36(15-5-1)38-24-28-43(29-25-38)55-49-22-12-10-20-44(49)46-30-26-41(34-52(46)55)40-27-31-51-47(32-40)45-21-11-13-23-50(45)56(51)53-35-42(37-16-6-2-7-17-37)33-48(54-53)39-18-8-3-9-19-39/h1-10,12-16,18-20,22-23,27,31-35,37-38,43H,11,17,21,24-26,28-30H2. The van der Waals surface area contributed by atoms with Crippen LogP contribution in [0.25, 0.3) is 56.6 Å². The van der Waals surface area contributed by atoms with Crippen molar-refractivity contribution in [3.8, 4) is 17.1 Å². The van der Waals surface area contributed by atoms with Crippen molar-refractivity contribution in [1.29, 1.82) is 0 Å². The fourth-order valence-corrected chi connectivity index (χ4v) is 10.4. The molecule has 4 aliphatic rings. The third-order valence-corrected chi connectivity index (χ3v) is 13.2. The maximum atomic E-state index is 5.41. The van der Waals surface area contributed by atoms with Crippen molar-refractivity contribution in [3.63, 3.8) is 0 Å². The summed E-state index contributed by atoms with van der Waals surface area (Å²) < 4.78 is 5.19. The van der Waals surface area contributed by atoms with Crippen LogP contribution in [0.3, 0.4) is 0 Å². The van der Waals surface area contributed by atoms with Crippen LogP contribution >= 0.6 is 0 Å². The van der Waals surface area contributed by atoms with E-state index >= 15 is 0 Å². The van der Waals surface area contributed by atoms with E-state index in [4.69, 9.17) is 4.98 Å². The highest BCUT2D eigenvalue weighted by molar-refractivity contribution is 5.97. The Kier molecular flexibility index (Phi) is 8.34. The Morgan fingerprint density at radius 2 is 1.39 bits per heavy atom. The van der Waals surface area contributed by atoms with Gasteiger partial charge in [-0.05, 0) is 140 Å². The Bertz CT molecular complexity index is 2730. The average molecular weight is 726 g/mol. The van der Waals surface area contributed by atoms with Crippen LogP contribution in [0.5, 0.6) is 0 Å². The summed E-state index contributed by atoms with van der Waals surface area (Å²) in [6.45, 7) is 0. The van der Waals surface area contributed by atoms with Gasteiger partial charge in [0.25, 0.3) is 0 Å². The van der Waals surface area contributed by atoms with E-state index in [1.165, 1.54) is 92.3 Å². The summed E-state index contributed by atoms with van der Waals surface area (Å²) in [5.74, 6) is 2.00. The zero-order valence-corrected chi connectivity index (χ0v) is 31.9. The fourth-order valence-electron chi connectivity index (χ4n) is 10.4. The van der Waals surface area contributed by atoms with Crippen LogP contribution in [0.4, 0.5) is 0 Å². The van der Waals surface area contributed by atoms with Gasteiger partial charge < -0.3 is 4.57 Å². The number of allylic oxidation sites excluding steroid dienone is 6. The first kappa shape index (κ1) is 33.4. The molecule has 3 heterocycles. The molecule has 56 heavy (non-hydrogen) atoms. The normalized spacial score (nSPS) is 20.3. The maximum absolute atomic E-state index is 5.41.